The SMILES string of the molecule is CCC.CCCc1nc(CC)n(C2=CN=CC=CC2)c(=O)c1Cc1ccc(-c2ccccc2C#N)cc1.CCOC. The summed E-state index contributed by atoms with van der Waals surface area (Å²) in [6.45, 7) is 11.2. The molecule has 6 nitrogen and oxygen atoms in total. The fourth-order valence-electron chi connectivity index (χ4n) is 4.27. The number of rotatable bonds is 8. The van der Waals surface area contributed by atoms with Crippen LogP contribution in [0.25, 0.3) is 16.8 Å². The van der Waals surface area contributed by atoms with Crippen molar-refractivity contribution in [1.82, 2.24) is 9.55 Å². The second-order valence-electron chi connectivity index (χ2n) is 9.56. The Balaban J connectivity index is 0.000000759. The minimum atomic E-state index is -0.00838. The molecule has 1 aliphatic heterocycles. The van der Waals surface area contributed by atoms with Crippen LogP contribution in [0.5, 0.6) is 0 Å². The molecule has 0 fully saturated rings. The second kappa shape index (κ2) is 18.3. The van der Waals surface area contributed by atoms with E-state index in [4.69, 9.17) is 4.98 Å². The van der Waals surface area contributed by atoms with Crippen molar-refractivity contribution in [3.63, 3.8) is 0 Å². The number of ether oxygens (including phenoxy) is 1. The maximum atomic E-state index is 13.8. The summed E-state index contributed by atoms with van der Waals surface area (Å²) in [6.07, 6.45) is 12.1. The van der Waals surface area contributed by atoms with Gasteiger partial charge in [-0.15, -0.1) is 0 Å². The third-order valence-electron chi connectivity index (χ3n) is 6.26. The molecule has 0 N–H and O–H groups in total. The van der Waals surface area contributed by atoms with Gasteiger partial charge in [0.15, 0.2) is 0 Å². The second-order valence-corrected chi connectivity index (χ2v) is 9.56. The summed E-state index contributed by atoms with van der Waals surface area (Å²) in [4.78, 5) is 23.0. The van der Waals surface area contributed by atoms with E-state index in [9.17, 15) is 10.1 Å². The molecule has 0 unspecified atom stereocenters. The topological polar surface area (TPSA) is 80.3 Å². The Morgan fingerprint density at radius 3 is 2.32 bits per heavy atom. The van der Waals surface area contributed by atoms with E-state index in [1.165, 1.54) is 6.42 Å². The Morgan fingerprint density at radius 1 is 1.02 bits per heavy atom. The number of aliphatic imine (C=N–C) groups is 1. The third kappa shape index (κ3) is 9.51. The van der Waals surface area contributed by atoms with Gasteiger partial charge in [-0.05, 0) is 42.2 Å². The molecular weight excluding hydrogens is 508 g/mol. The molecule has 2 heterocycles. The van der Waals surface area contributed by atoms with Gasteiger partial charge in [0, 0.05) is 56.7 Å². The van der Waals surface area contributed by atoms with Gasteiger partial charge < -0.3 is 4.74 Å². The highest BCUT2D eigenvalue weighted by Crippen LogP contribution is 2.25. The lowest BCUT2D eigenvalue weighted by atomic mass is 9.97. The highest BCUT2D eigenvalue weighted by atomic mass is 16.5. The molecule has 1 aromatic heterocycles. The average Bonchev–Trinajstić information content (AvgIpc) is 3.29. The number of nitrogens with zero attached hydrogens (tertiary/aromatic N) is 4. The van der Waals surface area contributed by atoms with Gasteiger partial charge in [0.2, 0.25) is 0 Å². The quantitative estimate of drug-likeness (QED) is 0.286. The molecule has 0 saturated heterocycles. The number of hydrogen-bond acceptors (Lipinski definition) is 5. The zero-order chi connectivity index (χ0) is 30.0. The minimum Gasteiger partial charge on any atom is -0.385 e. The number of hydrogen-bond donors (Lipinski definition) is 0. The van der Waals surface area contributed by atoms with Gasteiger partial charge in [-0.2, -0.15) is 5.26 Å². The molecule has 4 rings (SSSR count). The molecule has 41 heavy (non-hydrogen) atoms. The number of nitriles is 1. The molecule has 6 heteroatoms. The van der Waals surface area contributed by atoms with Crippen LogP contribution < -0.4 is 5.56 Å². The molecule has 0 saturated carbocycles. The van der Waals surface area contributed by atoms with Gasteiger partial charge in [0.05, 0.1) is 17.3 Å². The predicted molar refractivity (Wildman–Crippen MR) is 171 cm³/mol. The highest BCUT2D eigenvalue weighted by molar-refractivity contribution is 5.74. The lowest BCUT2D eigenvalue weighted by Gasteiger charge is -2.18. The van der Waals surface area contributed by atoms with Gasteiger partial charge in [0.1, 0.15) is 5.82 Å². The number of aryl methyl sites for hydroxylation is 2. The summed E-state index contributed by atoms with van der Waals surface area (Å²) in [5, 5.41) is 9.42. The lowest BCUT2D eigenvalue weighted by Crippen LogP contribution is -2.30. The van der Waals surface area contributed by atoms with E-state index in [2.05, 4.69) is 36.6 Å². The number of benzene rings is 2. The zero-order valence-corrected chi connectivity index (χ0v) is 25.5. The largest absolute Gasteiger partial charge is 0.385 e. The monoisotopic (exact) mass is 552 g/mol. The third-order valence-corrected chi connectivity index (χ3v) is 6.26. The normalized spacial score (nSPS) is 11.8. The van der Waals surface area contributed by atoms with Crippen LogP contribution in [0.4, 0.5) is 0 Å². The smallest absolute Gasteiger partial charge is 0.261 e. The molecule has 0 atom stereocenters. The first kappa shape index (κ1) is 33.1. The highest BCUT2D eigenvalue weighted by Gasteiger charge is 2.18. The first-order valence-corrected chi connectivity index (χ1v) is 14.6. The van der Waals surface area contributed by atoms with Crippen LogP contribution in [0.1, 0.15) is 82.1 Å². The van der Waals surface area contributed by atoms with Crippen molar-refractivity contribution < 1.29 is 4.74 Å². The Labute approximate surface area is 245 Å². The minimum absolute atomic E-state index is 0.00838. The van der Waals surface area contributed by atoms with Crippen molar-refractivity contribution >= 4 is 11.9 Å². The first-order chi connectivity index (χ1) is 20.0. The van der Waals surface area contributed by atoms with Crippen molar-refractivity contribution in [2.75, 3.05) is 13.7 Å². The van der Waals surface area contributed by atoms with Crippen molar-refractivity contribution in [3.8, 4) is 17.2 Å². The Bertz CT molecular complexity index is 1420. The molecule has 0 radical (unpaired) electrons. The van der Waals surface area contributed by atoms with E-state index in [1.54, 1.807) is 24.1 Å². The van der Waals surface area contributed by atoms with Crippen LogP contribution in [0, 0.1) is 11.3 Å². The number of allylic oxidation sites excluding steroid dienone is 3. The van der Waals surface area contributed by atoms with Gasteiger partial charge in [-0.3, -0.25) is 14.4 Å². The van der Waals surface area contributed by atoms with Crippen LogP contribution in [0.3, 0.4) is 0 Å². The fraction of sp³-hybridized carbons (Fsp3) is 0.371. The van der Waals surface area contributed by atoms with Crippen LogP contribution in [0.15, 0.2) is 76.7 Å². The van der Waals surface area contributed by atoms with Gasteiger partial charge in [0.25, 0.3) is 5.56 Å². The predicted octanol–water partition coefficient (Wildman–Crippen LogP) is 7.79. The van der Waals surface area contributed by atoms with E-state index < -0.39 is 0 Å². The molecular formula is C35H44N4O2. The molecule has 0 bridgehead atoms. The van der Waals surface area contributed by atoms with Crippen LogP contribution in [-0.2, 0) is 24.0 Å². The van der Waals surface area contributed by atoms with E-state index in [1.807, 2.05) is 74.5 Å². The van der Waals surface area contributed by atoms with Gasteiger partial charge >= 0.3 is 0 Å². The molecule has 2 aromatic carbocycles. The summed E-state index contributed by atoms with van der Waals surface area (Å²) < 4.78 is 6.29. The summed E-state index contributed by atoms with van der Waals surface area (Å²) in [5.41, 5.74) is 6.04. The van der Waals surface area contributed by atoms with Crippen molar-refractivity contribution in [1.29, 1.82) is 5.26 Å². The van der Waals surface area contributed by atoms with Crippen LogP contribution in [-0.4, -0.2) is 29.5 Å². The summed E-state index contributed by atoms with van der Waals surface area (Å²) >= 11 is 0. The molecule has 0 aliphatic carbocycles. The van der Waals surface area contributed by atoms with Gasteiger partial charge in [-0.1, -0.05) is 89.1 Å². The Kier molecular flexibility index (Phi) is 14.8. The van der Waals surface area contributed by atoms with Crippen molar-refractivity contribution in [2.24, 2.45) is 4.99 Å². The molecule has 1 aliphatic rings. The maximum Gasteiger partial charge on any atom is 0.261 e. The van der Waals surface area contributed by atoms with E-state index in [-0.39, 0.29) is 5.56 Å². The zero-order valence-electron chi connectivity index (χ0n) is 25.5. The van der Waals surface area contributed by atoms with E-state index in [0.29, 0.717) is 24.8 Å². The Hall–Kier alpha value is -4.08. The summed E-state index contributed by atoms with van der Waals surface area (Å²) in [7, 11) is 1.68. The van der Waals surface area contributed by atoms with E-state index >= 15 is 0 Å². The molecule has 0 amide bonds. The van der Waals surface area contributed by atoms with Crippen molar-refractivity contribution in [3.05, 3.63) is 105 Å². The molecule has 3 aromatic rings. The van der Waals surface area contributed by atoms with Crippen molar-refractivity contribution in [2.45, 2.75) is 73.1 Å². The first-order valence-electron chi connectivity index (χ1n) is 14.6. The Morgan fingerprint density at radius 2 is 1.71 bits per heavy atom. The van der Waals surface area contributed by atoms with E-state index in [0.717, 1.165) is 58.9 Å². The lowest BCUT2D eigenvalue weighted by molar-refractivity contribution is 0.215. The van der Waals surface area contributed by atoms with Gasteiger partial charge in [-0.25, -0.2) is 4.98 Å². The average molecular weight is 553 g/mol. The fourth-order valence-corrected chi connectivity index (χ4v) is 4.27. The molecule has 0 spiro atoms. The van der Waals surface area contributed by atoms with Crippen LogP contribution in [0.2, 0.25) is 0 Å². The maximum absolute atomic E-state index is 13.8. The summed E-state index contributed by atoms with van der Waals surface area (Å²) in [6, 6.07) is 18.0. The number of methoxy groups -OCH3 is 1. The number of aromatic nitrogens is 2. The standard InChI is InChI=1S/C29H28N4O.C3H8O.C3H8/c1-3-9-27-26(29(34)33(28(4-2)32-27)24-11-7-8-17-31-20-24)18-21-13-15-22(16-14-21)25-12-6-5-10-23(25)19-30;1-3-4-2;1-3-2/h5-8,10,12-17,20H,3-4,9,11,18H2,1-2H3;3H2,1-2H3;3H2,1-2H3. The van der Waals surface area contributed by atoms with Crippen LogP contribution >= 0.6 is 0 Å². The molecule has 216 valence electrons. The summed E-state index contributed by atoms with van der Waals surface area (Å²) in [5.74, 6) is 0.775.